The second-order valence-electron chi connectivity index (χ2n) is 3.39. The first-order chi connectivity index (χ1) is 9.01. The van der Waals surface area contributed by atoms with Gasteiger partial charge in [0.2, 0.25) is 0 Å². The second-order valence-corrected chi connectivity index (χ2v) is 5.28. The van der Waals surface area contributed by atoms with Crippen LogP contribution in [-0.2, 0) is 4.74 Å². The van der Waals surface area contributed by atoms with Crippen molar-refractivity contribution in [3.05, 3.63) is 39.3 Å². The van der Waals surface area contributed by atoms with Gasteiger partial charge in [-0.25, -0.2) is 18.6 Å². The number of esters is 1. The molecule has 0 aliphatic rings. The Hall–Kier alpha value is -1.54. The minimum Gasteiger partial charge on any atom is -0.465 e. The number of halogens is 3. The molecule has 19 heavy (non-hydrogen) atoms. The molecule has 4 nitrogen and oxygen atoms in total. The zero-order valence-corrected chi connectivity index (χ0v) is 11.9. The van der Waals surface area contributed by atoms with E-state index in [-0.39, 0.29) is 15.0 Å². The van der Waals surface area contributed by atoms with E-state index in [1.54, 1.807) is 0 Å². The maximum Gasteiger partial charge on any atom is 0.349 e. The molecule has 1 N–H and O–H groups in total. The number of hydrogen-bond donors (Lipinski definition) is 1. The minimum absolute atomic E-state index is 0.0547. The Bertz CT molecular complexity index is 633. The monoisotopic (exact) mass is 348 g/mol. The number of benzene rings is 1. The highest BCUT2D eigenvalue weighted by atomic mass is 79.9. The second kappa shape index (κ2) is 5.62. The molecule has 0 saturated carbocycles. The van der Waals surface area contributed by atoms with Gasteiger partial charge in [-0.15, -0.1) is 0 Å². The third-order valence-corrected chi connectivity index (χ3v) is 3.64. The third-order valence-electron chi connectivity index (χ3n) is 2.14. The molecule has 100 valence electrons. The number of hydrogen-bond acceptors (Lipinski definition) is 5. The molecular formula is C11H7BrF2N2O2S. The van der Waals surface area contributed by atoms with Crippen LogP contribution in [0.15, 0.2) is 22.8 Å². The highest BCUT2D eigenvalue weighted by molar-refractivity contribution is 9.10. The van der Waals surface area contributed by atoms with Gasteiger partial charge in [-0.3, -0.25) is 0 Å². The number of anilines is 2. The highest BCUT2D eigenvalue weighted by Gasteiger charge is 2.13. The number of aromatic nitrogens is 1. The molecule has 0 atom stereocenters. The molecule has 1 aromatic carbocycles. The molecule has 0 aliphatic heterocycles. The lowest BCUT2D eigenvalue weighted by atomic mass is 10.3. The van der Waals surface area contributed by atoms with Crippen molar-refractivity contribution in [1.82, 2.24) is 4.98 Å². The molecule has 2 aromatic rings. The van der Waals surface area contributed by atoms with Gasteiger partial charge in [0.1, 0.15) is 16.5 Å². The van der Waals surface area contributed by atoms with Crippen LogP contribution in [0.4, 0.5) is 19.6 Å². The predicted molar refractivity (Wildman–Crippen MR) is 70.8 cm³/mol. The number of ether oxygens (including phenoxy) is 1. The van der Waals surface area contributed by atoms with Gasteiger partial charge in [0.25, 0.3) is 0 Å². The van der Waals surface area contributed by atoms with E-state index >= 15 is 0 Å². The smallest absolute Gasteiger partial charge is 0.349 e. The van der Waals surface area contributed by atoms with Crippen molar-refractivity contribution in [3.8, 4) is 0 Å². The van der Waals surface area contributed by atoms with Gasteiger partial charge in [0.15, 0.2) is 5.13 Å². The van der Waals surface area contributed by atoms with E-state index in [4.69, 9.17) is 0 Å². The standard InChI is InChI=1S/C11H7BrF2N2O2S/c1-18-10(17)9-4-15-11(19-9)16-8-2-5(12)6(13)3-7(8)14/h2-4H,1H3,(H,15,16). The summed E-state index contributed by atoms with van der Waals surface area (Å²) in [6.07, 6.45) is 1.31. The summed E-state index contributed by atoms with van der Waals surface area (Å²) in [5.41, 5.74) is 0.0547. The van der Waals surface area contributed by atoms with Crippen LogP contribution in [-0.4, -0.2) is 18.1 Å². The van der Waals surface area contributed by atoms with Crippen LogP contribution in [0.2, 0.25) is 0 Å². The first kappa shape index (κ1) is 13.9. The molecule has 0 radical (unpaired) electrons. The number of carbonyl (C=O) groups is 1. The predicted octanol–water partition coefficient (Wildman–Crippen LogP) is 3.71. The molecular weight excluding hydrogens is 342 g/mol. The minimum atomic E-state index is -0.754. The largest absolute Gasteiger partial charge is 0.465 e. The van der Waals surface area contributed by atoms with Crippen molar-refractivity contribution in [2.24, 2.45) is 0 Å². The topological polar surface area (TPSA) is 51.2 Å². The summed E-state index contributed by atoms with van der Waals surface area (Å²) in [5, 5.41) is 2.97. The summed E-state index contributed by atoms with van der Waals surface area (Å²) >= 11 is 3.97. The Balaban J connectivity index is 2.24. The number of nitrogens with zero attached hydrogens (tertiary/aromatic N) is 1. The zero-order chi connectivity index (χ0) is 14.0. The van der Waals surface area contributed by atoms with E-state index in [0.29, 0.717) is 5.13 Å². The van der Waals surface area contributed by atoms with Crippen LogP contribution in [0, 0.1) is 11.6 Å². The van der Waals surface area contributed by atoms with Crippen LogP contribution in [0.3, 0.4) is 0 Å². The third kappa shape index (κ3) is 3.07. The molecule has 0 aliphatic carbocycles. The average molecular weight is 349 g/mol. The fourth-order valence-corrected chi connectivity index (χ4v) is 2.35. The van der Waals surface area contributed by atoms with Gasteiger partial charge in [0.05, 0.1) is 23.5 Å². The van der Waals surface area contributed by atoms with Crippen LogP contribution >= 0.6 is 27.3 Å². The van der Waals surface area contributed by atoms with Crippen molar-refractivity contribution in [2.75, 3.05) is 12.4 Å². The summed E-state index contributed by atoms with van der Waals surface area (Å²) < 4.78 is 31.2. The Morgan fingerprint density at radius 2 is 2.16 bits per heavy atom. The molecule has 0 amide bonds. The molecule has 0 bridgehead atoms. The summed E-state index contributed by atoms with van der Waals surface area (Å²) in [4.78, 5) is 15.4. The van der Waals surface area contributed by atoms with Crippen LogP contribution in [0.25, 0.3) is 0 Å². The van der Waals surface area contributed by atoms with Crippen LogP contribution in [0.1, 0.15) is 9.67 Å². The Kier molecular flexibility index (Phi) is 4.11. The lowest BCUT2D eigenvalue weighted by molar-refractivity contribution is 0.0606. The molecule has 0 saturated heterocycles. The average Bonchev–Trinajstić information content (AvgIpc) is 2.83. The molecule has 0 unspecified atom stereocenters. The van der Waals surface area contributed by atoms with E-state index < -0.39 is 17.6 Å². The molecule has 2 rings (SSSR count). The van der Waals surface area contributed by atoms with Crippen molar-refractivity contribution >= 4 is 44.1 Å². The lowest BCUT2D eigenvalue weighted by Gasteiger charge is -2.05. The number of carbonyl (C=O) groups excluding carboxylic acids is 1. The maximum absolute atomic E-state index is 13.5. The normalized spacial score (nSPS) is 10.3. The fourth-order valence-electron chi connectivity index (χ4n) is 1.26. The van der Waals surface area contributed by atoms with Gasteiger partial charge < -0.3 is 10.1 Å². The van der Waals surface area contributed by atoms with Crippen LogP contribution < -0.4 is 5.32 Å². The highest BCUT2D eigenvalue weighted by Crippen LogP contribution is 2.28. The molecule has 0 fully saturated rings. The van der Waals surface area contributed by atoms with Crippen molar-refractivity contribution < 1.29 is 18.3 Å². The van der Waals surface area contributed by atoms with Gasteiger partial charge in [-0.05, 0) is 22.0 Å². The summed E-state index contributed by atoms with van der Waals surface area (Å²) in [5.74, 6) is -1.97. The van der Waals surface area contributed by atoms with Gasteiger partial charge in [-0.2, -0.15) is 0 Å². The van der Waals surface area contributed by atoms with E-state index in [2.05, 4.69) is 31.0 Å². The SMILES string of the molecule is COC(=O)c1cnc(Nc2cc(Br)c(F)cc2F)s1. The van der Waals surface area contributed by atoms with E-state index in [1.807, 2.05) is 0 Å². The molecule has 0 spiro atoms. The van der Waals surface area contributed by atoms with Crippen LogP contribution in [0.5, 0.6) is 0 Å². The quantitative estimate of drug-likeness (QED) is 0.678. The Morgan fingerprint density at radius 3 is 2.84 bits per heavy atom. The van der Waals surface area contributed by atoms with E-state index in [0.717, 1.165) is 17.4 Å². The van der Waals surface area contributed by atoms with Crippen molar-refractivity contribution in [1.29, 1.82) is 0 Å². The summed E-state index contributed by atoms with van der Waals surface area (Å²) in [7, 11) is 1.26. The maximum atomic E-state index is 13.5. The number of rotatable bonds is 3. The molecule has 8 heteroatoms. The molecule has 1 aromatic heterocycles. The lowest BCUT2D eigenvalue weighted by Crippen LogP contribution is -1.97. The Labute approximate surface area is 119 Å². The first-order valence-electron chi connectivity index (χ1n) is 4.97. The summed E-state index contributed by atoms with van der Waals surface area (Å²) in [6, 6.07) is 2.01. The molecule has 1 heterocycles. The van der Waals surface area contributed by atoms with Gasteiger partial charge in [-0.1, -0.05) is 11.3 Å². The van der Waals surface area contributed by atoms with Crippen molar-refractivity contribution in [2.45, 2.75) is 0 Å². The van der Waals surface area contributed by atoms with Gasteiger partial charge >= 0.3 is 5.97 Å². The Morgan fingerprint density at radius 1 is 1.42 bits per heavy atom. The zero-order valence-electron chi connectivity index (χ0n) is 9.54. The van der Waals surface area contributed by atoms with E-state index in [1.165, 1.54) is 19.4 Å². The fraction of sp³-hybridized carbons (Fsp3) is 0.0909. The summed E-state index contributed by atoms with van der Waals surface area (Å²) in [6.45, 7) is 0. The van der Waals surface area contributed by atoms with E-state index in [9.17, 15) is 13.6 Å². The number of thiazole rings is 1. The number of nitrogens with one attached hydrogen (secondary N) is 1. The first-order valence-corrected chi connectivity index (χ1v) is 6.58. The van der Waals surface area contributed by atoms with Crippen molar-refractivity contribution in [3.63, 3.8) is 0 Å². The van der Waals surface area contributed by atoms with Gasteiger partial charge in [0, 0.05) is 6.07 Å². The number of methoxy groups -OCH3 is 1.